The Balaban J connectivity index is 1.77. The standard InChI is InChI=1S/C14H17BrN2O2/c1-18-13-3-2-11(6-12(13)15)4-5-17-8-14(7-16)9-19-10-14/h2-3,6,17H,4-5,8-10H2,1H3. The molecule has 1 fully saturated rings. The van der Waals surface area contributed by atoms with Crippen molar-refractivity contribution < 1.29 is 9.47 Å². The normalized spacial score (nSPS) is 16.5. The van der Waals surface area contributed by atoms with Gasteiger partial charge in [0.15, 0.2) is 0 Å². The van der Waals surface area contributed by atoms with Crippen molar-refractivity contribution in [3.63, 3.8) is 0 Å². The van der Waals surface area contributed by atoms with Gasteiger partial charge in [0, 0.05) is 6.54 Å². The molecule has 1 aromatic carbocycles. The Kier molecular flexibility index (Phi) is 4.81. The Labute approximate surface area is 121 Å². The van der Waals surface area contributed by atoms with Gasteiger partial charge in [0.05, 0.1) is 30.9 Å². The number of ether oxygens (including phenoxy) is 2. The van der Waals surface area contributed by atoms with Gasteiger partial charge in [-0.1, -0.05) is 6.07 Å². The fraction of sp³-hybridized carbons (Fsp3) is 0.500. The zero-order valence-electron chi connectivity index (χ0n) is 10.9. The van der Waals surface area contributed by atoms with Crippen molar-refractivity contribution in [2.75, 3.05) is 33.4 Å². The van der Waals surface area contributed by atoms with E-state index in [0.29, 0.717) is 19.8 Å². The summed E-state index contributed by atoms with van der Waals surface area (Å²) in [4.78, 5) is 0. The van der Waals surface area contributed by atoms with Crippen molar-refractivity contribution in [1.29, 1.82) is 5.26 Å². The number of nitriles is 1. The average Bonchev–Trinajstić information content (AvgIpc) is 2.37. The summed E-state index contributed by atoms with van der Waals surface area (Å²) in [5, 5.41) is 12.4. The molecule has 1 aromatic rings. The number of methoxy groups -OCH3 is 1. The number of halogens is 1. The molecule has 2 rings (SSSR count). The van der Waals surface area contributed by atoms with Crippen LogP contribution in [-0.2, 0) is 11.2 Å². The number of rotatable bonds is 6. The van der Waals surface area contributed by atoms with Crippen LogP contribution in [0.1, 0.15) is 5.56 Å². The number of nitrogens with zero attached hydrogens (tertiary/aromatic N) is 1. The molecule has 19 heavy (non-hydrogen) atoms. The lowest BCUT2D eigenvalue weighted by atomic mass is 9.88. The van der Waals surface area contributed by atoms with Gasteiger partial charge in [-0.3, -0.25) is 0 Å². The monoisotopic (exact) mass is 324 g/mol. The second kappa shape index (κ2) is 6.38. The van der Waals surface area contributed by atoms with Crippen LogP contribution in [0, 0.1) is 16.7 Å². The number of nitrogens with one attached hydrogen (secondary N) is 1. The predicted octanol–water partition coefficient (Wildman–Crippen LogP) is 2.13. The minimum atomic E-state index is -0.305. The Morgan fingerprint density at radius 2 is 2.32 bits per heavy atom. The zero-order chi connectivity index (χ0) is 13.7. The van der Waals surface area contributed by atoms with Gasteiger partial charge in [-0.05, 0) is 46.6 Å². The van der Waals surface area contributed by atoms with Gasteiger partial charge in [0.1, 0.15) is 11.2 Å². The molecule has 0 saturated carbocycles. The molecule has 0 atom stereocenters. The molecule has 102 valence electrons. The molecule has 0 amide bonds. The van der Waals surface area contributed by atoms with Crippen molar-refractivity contribution in [3.8, 4) is 11.8 Å². The first-order chi connectivity index (χ1) is 9.19. The highest BCUT2D eigenvalue weighted by molar-refractivity contribution is 9.10. The second-order valence-corrected chi connectivity index (χ2v) is 5.63. The number of benzene rings is 1. The van der Waals surface area contributed by atoms with Gasteiger partial charge >= 0.3 is 0 Å². The predicted molar refractivity (Wildman–Crippen MR) is 76.1 cm³/mol. The number of hydrogen-bond acceptors (Lipinski definition) is 4. The second-order valence-electron chi connectivity index (χ2n) is 4.78. The first-order valence-corrected chi connectivity index (χ1v) is 7.00. The SMILES string of the molecule is COc1ccc(CCNCC2(C#N)COC2)cc1Br. The van der Waals surface area contributed by atoms with Gasteiger partial charge in [0.2, 0.25) is 0 Å². The minimum absolute atomic E-state index is 0.305. The maximum absolute atomic E-state index is 9.06. The van der Waals surface area contributed by atoms with E-state index >= 15 is 0 Å². The van der Waals surface area contributed by atoms with Gasteiger partial charge in [-0.2, -0.15) is 5.26 Å². The van der Waals surface area contributed by atoms with E-state index in [0.717, 1.165) is 23.2 Å². The highest BCUT2D eigenvalue weighted by Gasteiger charge is 2.38. The molecule has 0 spiro atoms. The lowest BCUT2D eigenvalue weighted by molar-refractivity contribution is -0.0752. The maximum atomic E-state index is 9.06. The highest BCUT2D eigenvalue weighted by atomic mass is 79.9. The summed E-state index contributed by atoms with van der Waals surface area (Å²) in [5.41, 5.74) is 0.927. The van der Waals surface area contributed by atoms with Crippen LogP contribution < -0.4 is 10.1 Å². The molecule has 0 bridgehead atoms. The summed E-state index contributed by atoms with van der Waals surface area (Å²) < 4.78 is 11.3. The fourth-order valence-corrected chi connectivity index (χ4v) is 2.57. The first-order valence-electron chi connectivity index (χ1n) is 6.21. The third kappa shape index (κ3) is 3.47. The molecule has 1 saturated heterocycles. The lowest BCUT2D eigenvalue weighted by Gasteiger charge is -2.35. The molecule has 5 heteroatoms. The number of hydrogen-bond donors (Lipinski definition) is 1. The van der Waals surface area contributed by atoms with Crippen LogP contribution in [0.25, 0.3) is 0 Å². The summed E-state index contributed by atoms with van der Waals surface area (Å²) in [6, 6.07) is 8.40. The Bertz CT molecular complexity index is 481. The van der Waals surface area contributed by atoms with Crippen LogP contribution in [0.4, 0.5) is 0 Å². The Morgan fingerprint density at radius 3 is 2.84 bits per heavy atom. The van der Waals surface area contributed by atoms with E-state index in [1.165, 1.54) is 5.56 Å². The third-order valence-corrected chi connectivity index (χ3v) is 3.88. The minimum Gasteiger partial charge on any atom is -0.496 e. The van der Waals surface area contributed by atoms with Crippen molar-refractivity contribution in [2.45, 2.75) is 6.42 Å². The largest absolute Gasteiger partial charge is 0.496 e. The van der Waals surface area contributed by atoms with Crippen LogP contribution in [0.2, 0.25) is 0 Å². The average molecular weight is 325 g/mol. The van der Waals surface area contributed by atoms with Gasteiger partial charge in [0.25, 0.3) is 0 Å². The summed E-state index contributed by atoms with van der Waals surface area (Å²) in [6.45, 7) is 2.64. The van der Waals surface area contributed by atoms with Crippen LogP contribution in [0.5, 0.6) is 5.75 Å². The van der Waals surface area contributed by atoms with Crippen LogP contribution in [0.15, 0.2) is 22.7 Å². The highest BCUT2D eigenvalue weighted by Crippen LogP contribution is 2.26. The summed E-state index contributed by atoms with van der Waals surface area (Å²) in [6.07, 6.45) is 0.922. The zero-order valence-corrected chi connectivity index (χ0v) is 12.5. The topological polar surface area (TPSA) is 54.3 Å². The maximum Gasteiger partial charge on any atom is 0.133 e. The van der Waals surface area contributed by atoms with E-state index in [9.17, 15) is 0 Å². The summed E-state index contributed by atoms with van der Waals surface area (Å²) in [5.74, 6) is 0.840. The van der Waals surface area contributed by atoms with Crippen LogP contribution >= 0.6 is 15.9 Å². The van der Waals surface area contributed by atoms with Crippen LogP contribution in [-0.4, -0.2) is 33.4 Å². The Hall–Kier alpha value is -1.09. The molecule has 4 nitrogen and oxygen atoms in total. The van der Waals surface area contributed by atoms with E-state index in [4.69, 9.17) is 14.7 Å². The summed E-state index contributed by atoms with van der Waals surface area (Å²) >= 11 is 3.47. The van der Waals surface area contributed by atoms with E-state index in [1.54, 1.807) is 7.11 Å². The van der Waals surface area contributed by atoms with Gasteiger partial charge in [-0.25, -0.2) is 0 Å². The van der Waals surface area contributed by atoms with Crippen LogP contribution in [0.3, 0.4) is 0 Å². The smallest absolute Gasteiger partial charge is 0.133 e. The first kappa shape index (κ1) is 14.3. The third-order valence-electron chi connectivity index (χ3n) is 3.26. The molecule has 1 heterocycles. The molecule has 0 radical (unpaired) electrons. The van der Waals surface area contributed by atoms with Crippen molar-refractivity contribution in [3.05, 3.63) is 28.2 Å². The molecule has 1 aliphatic heterocycles. The molecule has 0 aromatic heterocycles. The molecular formula is C14H17BrN2O2. The van der Waals surface area contributed by atoms with E-state index < -0.39 is 0 Å². The molecular weight excluding hydrogens is 308 g/mol. The van der Waals surface area contributed by atoms with E-state index in [-0.39, 0.29) is 5.41 Å². The lowest BCUT2D eigenvalue weighted by Crippen LogP contribution is -2.48. The molecule has 0 aliphatic carbocycles. The summed E-state index contributed by atoms with van der Waals surface area (Å²) in [7, 11) is 1.66. The van der Waals surface area contributed by atoms with E-state index in [1.807, 2.05) is 6.07 Å². The Morgan fingerprint density at radius 1 is 1.53 bits per heavy atom. The van der Waals surface area contributed by atoms with E-state index in [2.05, 4.69) is 39.4 Å². The van der Waals surface area contributed by atoms with Crippen molar-refractivity contribution in [1.82, 2.24) is 5.32 Å². The molecule has 0 unspecified atom stereocenters. The molecule has 1 N–H and O–H groups in total. The molecule has 1 aliphatic rings. The van der Waals surface area contributed by atoms with Crippen molar-refractivity contribution in [2.24, 2.45) is 5.41 Å². The van der Waals surface area contributed by atoms with Gasteiger partial charge in [-0.15, -0.1) is 0 Å². The van der Waals surface area contributed by atoms with Crippen molar-refractivity contribution >= 4 is 15.9 Å². The quantitative estimate of drug-likeness (QED) is 0.814. The van der Waals surface area contributed by atoms with Gasteiger partial charge < -0.3 is 14.8 Å². The fourth-order valence-electron chi connectivity index (χ4n) is 1.98.